The van der Waals surface area contributed by atoms with Crippen LogP contribution in [0, 0.1) is 12.7 Å². The second-order valence-corrected chi connectivity index (χ2v) is 6.34. The Kier molecular flexibility index (Phi) is 4.71. The Morgan fingerprint density at radius 2 is 2.19 bits per heavy atom. The third-order valence-corrected chi connectivity index (χ3v) is 4.36. The lowest BCUT2D eigenvalue weighted by atomic mass is 10.2. The van der Waals surface area contributed by atoms with E-state index in [9.17, 15) is 12.8 Å². The molecule has 0 atom stereocenters. The molecule has 21 heavy (non-hydrogen) atoms. The second-order valence-electron chi connectivity index (χ2n) is 4.60. The Hall–Kier alpha value is -1.77. The molecule has 1 heterocycles. The molecule has 1 aromatic heterocycles. The highest BCUT2D eigenvalue weighted by Gasteiger charge is 2.18. The van der Waals surface area contributed by atoms with E-state index in [1.165, 1.54) is 6.07 Å². The second kappa shape index (κ2) is 6.33. The topological polar surface area (TPSA) is 84.2 Å². The third kappa shape index (κ3) is 3.87. The van der Waals surface area contributed by atoms with Crippen LogP contribution in [0.15, 0.2) is 35.5 Å². The highest BCUT2D eigenvalue weighted by Crippen LogP contribution is 2.15. The maximum Gasteiger partial charge on any atom is 0.243 e. The van der Waals surface area contributed by atoms with Crippen LogP contribution >= 0.6 is 0 Å². The molecule has 0 spiro atoms. The van der Waals surface area contributed by atoms with E-state index >= 15 is 0 Å². The number of aliphatic hydroxyl groups is 1. The lowest BCUT2D eigenvalue weighted by Gasteiger charge is -2.08. The number of hydrogen-bond acceptors (Lipinski definition) is 4. The van der Waals surface area contributed by atoms with Crippen LogP contribution in [0.3, 0.4) is 0 Å². The quantitative estimate of drug-likeness (QED) is 0.826. The molecule has 0 aliphatic heterocycles. The monoisotopic (exact) mass is 313 g/mol. The van der Waals surface area contributed by atoms with E-state index in [1.807, 2.05) is 6.92 Å². The minimum Gasteiger partial charge on any atom is -0.392 e. The highest BCUT2D eigenvalue weighted by atomic mass is 32.2. The van der Waals surface area contributed by atoms with Gasteiger partial charge in [-0.25, -0.2) is 17.5 Å². The summed E-state index contributed by atoms with van der Waals surface area (Å²) in [5.74, 6) is -0.885. The standard InChI is InChI=1S/C13H16FN3O3S/c1-10-7-15-17(8-10)5-4-16-21(19,20)13-3-2-11(9-18)6-12(13)14/h2-3,6-8,16,18H,4-5,9H2,1H3. The van der Waals surface area contributed by atoms with E-state index < -0.39 is 20.7 Å². The van der Waals surface area contributed by atoms with Crippen LogP contribution in [0.1, 0.15) is 11.1 Å². The van der Waals surface area contributed by atoms with Crippen molar-refractivity contribution in [1.29, 1.82) is 0 Å². The van der Waals surface area contributed by atoms with Crippen molar-refractivity contribution in [1.82, 2.24) is 14.5 Å². The van der Waals surface area contributed by atoms with Crippen molar-refractivity contribution < 1.29 is 17.9 Å². The first-order valence-corrected chi connectivity index (χ1v) is 7.79. The largest absolute Gasteiger partial charge is 0.392 e. The van der Waals surface area contributed by atoms with Gasteiger partial charge in [0.15, 0.2) is 0 Å². The van der Waals surface area contributed by atoms with Gasteiger partial charge in [0.1, 0.15) is 10.7 Å². The molecule has 0 amide bonds. The zero-order valence-corrected chi connectivity index (χ0v) is 12.3. The fraction of sp³-hybridized carbons (Fsp3) is 0.308. The van der Waals surface area contributed by atoms with Crippen LogP contribution in [-0.4, -0.2) is 29.8 Å². The van der Waals surface area contributed by atoms with Gasteiger partial charge in [-0.15, -0.1) is 0 Å². The number of sulfonamides is 1. The molecule has 0 unspecified atom stereocenters. The predicted octanol–water partition coefficient (Wildman–Crippen LogP) is 0.801. The summed E-state index contributed by atoms with van der Waals surface area (Å²) in [6.45, 7) is 1.99. The van der Waals surface area contributed by atoms with E-state index in [0.29, 0.717) is 12.1 Å². The minimum absolute atomic E-state index is 0.102. The van der Waals surface area contributed by atoms with Crippen molar-refractivity contribution in [3.8, 4) is 0 Å². The first kappa shape index (κ1) is 15.6. The SMILES string of the molecule is Cc1cnn(CCNS(=O)(=O)c2ccc(CO)cc2F)c1. The number of aliphatic hydroxyl groups excluding tert-OH is 1. The number of aryl methyl sites for hydroxylation is 1. The van der Waals surface area contributed by atoms with Gasteiger partial charge in [0.2, 0.25) is 10.0 Å². The normalized spacial score (nSPS) is 11.8. The number of benzene rings is 1. The molecule has 0 aliphatic carbocycles. The summed E-state index contributed by atoms with van der Waals surface area (Å²) in [4.78, 5) is -0.434. The first-order chi connectivity index (χ1) is 9.92. The number of aromatic nitrogens is 2. The molecule has 0 radical (unpaired) electrons. The van der Waals surface area contributed by atoms with Gasteiger partial charge in [-0.3, -0.25) is 4.68 Å². The zero-order valence-electron chi connectivity index (χ0n) is 11.5. The van der Waals surface area contributed by atoms with Crippen molar-refractivity contribution in [2.45, 2.75) is 25.0 Å². The molecule has 2 N–H and O–H groups in total. The van der Waals surface area contributed by atoms with Crippen molar-refractivity contribution in [2.75, 3.05) is 6.54 Å². The first-order valence-electron chi connectivity index (χ1n) is 6.30. The van der Waals surface area contributed by atoms with Gasteiger partial charge in [-0.1, -0.05) is 6.07 Å². The molecule has 0 bridgehead atoms. The number of nitrogens with one attached hydrogen (secondary N) is 1. The molecule has 0 aliphatic rings. The molecule has 0 saturated heterocycles. The highest BCUT2D eigenvalue weighted by molar-refractivity contribution is 7.89. The number of nitrogens with zero attached hydrogens (tertiary/aromatic N) is 2. The molecule has 8 heteroatoms. The Balaban J connectivity index is 2.04. The Labute approximate surface area is 122 Å². The molecule has 0 fully saturated rings. The molecule has 2 rings (SSSR count). The Bertz CT molecular complexity index is 728. The fourth-order valence-corrected chi connectivity index (χ4v) is 2.90. The Morgan fingerprint density at radius 1 is 1.43 bits per heavy atom. The van der Waals surface area contributed by atoms with Crippen LogP contribution in [0.25, 0.3) is 0 Å². The third-order valence-electron chi connectivity index (χ3n) is 2.86. The van der Waals surface area contributed by atoms with Gasteiger partial charge >= 0.3 is 0 Å². The molecule has 114 valence electrons. The van der Waals surface area contributed by atoms with Gasteiger partial charge in [-0.2, -0.15) is 5.10 Å². The van der Waals surface area contributed by atoms with Crippen molar-refractivity contribution in [3.05, 3.63) is 47.5 Å². The van der Waals surface area contributed by atoms with Gasteiger partial charge in [0.25, 0.3) is 0 Å². The molecule has 2 aromatic rings. The average Bonchev–Trinajstić information content (AvgIpc) is 2.83. The van der Waals surface area contributed by atoms with E-state index in [1.54, 1.807) is 17.1 Å². The van der Waals surface area contributed by atoms with Crippen molar-refractivity contribution in [3.63, 3.8) is 0 Å². The van der Waals surface area contributed by atoms with Crippen LogP contribution in [-0.2, 0) is 23.2 Å². The van der Waals surface area contributed by atoms with E-state index in [-0.39, 0.29) is 13.2 Å². The summed E-state index contributed by atoms with van der Waals surface area (Å²) in [5, 5.41) is 12.9. The van der Waals surface area contributed by atoms with Crippen LogP contribution in [0.4, 0.5) is 4.39 Å². The summed E-state index contributed by atoms with van der Waals surface area (Å²) >= 11 is 0. The van der Waals surface area contributed by atoms with Crippen LogP contribution < -0.4 is 4.72 Å². The van der Waals surface area contributed by atoms with Gasteiger partial charge in [-0.05, 0) is 30.2 Å². The molecular formula is C13H16FN3O3S. The van der Waals surface area contributed by atoms with Gasteiger partial charge in [0.05, 0.1) is 19.3 Å². The van der Waals surface area contributed by atoms with Crippen molar-refractivity contribution >= 4 is 10.0 Å². The summed E-state index contributed by atoms with van der Waals surface area (Å²) in [7, 11) is -3.93. The van der Waals surface area contributed by atoms with Gasteiger partial charge in [0, 0.05) is 12.7 Å². The zero-order chi connectivity index (χ0) is 15.5. The summed E-state index contributed by atoms with van der Waals surface area (Å²) in [5.41, 5.74) is 1.29. The summed E-state index contributed by atoms with van der Waals surface area (Å²) in [6.07, 6.45) is 3.45. The molecule has 6 nitrogen and oxygen atoms in total. The van der Waals surface area contributed by atoms with Crippen LogP contribution in [0.5, 0.6) is 0 Å². The molecule has 0 saturated carbocycles. The summed E-state index contributed by atoms with van der Waals surface area (Å²) in [6, 6.07) is 3.52. The van der Waals surface area contributed by atoms with Crippen molar-refractivity contribution in [2.24, 2.45) is 0 Å². The van der Waals surface area contributed by atoms with E-state index in [4.69, 9.17) is 5.11 Å². The lowest BCUT2D eigenvalue weighted by Crippen LogP contribution is -2.28. The van der Waals surface area contributed by atoms with Crippen LogP contribution in [0.2, 0.25) is 0 Å². The molecular weight excluding hydrogens is 297 g/mol. The smallest absolute Gasteiger partial charge is 0.243 e. The minimum atomic E-state index is -3.93. The number of hydrogen-bond donors (Lipinski definition) is 2. The number of halogens is 1. The summed E-state index contributed by atoms with van der Waals surface area (Å²) < 4.78 is 41.7. The number of rotatable bonds is 6. The predicted molar refractivity (Wildman–Crippen MR) is 74.5 cm³/mol. The Morgan fingerprint density at radius 3 is 2.76 bits per heavy atom. The maximum atomic E-state index is 13.7. The van der Waals surface area contributed by atoms with Gasteiger partial charge < -0.3 is 5.11 Å². The fourth-order valence-electron chi connectivity index (χ4n) is 1.82. The van der Waals surface area contributed by atoms with E-state index in [2.05, 4.69) is 9.82 Å². The molecule has 1 aromatic carbocycles. The maximum absolute atomic E-state index is 13.7. The lowest BCUT2D eigenvalue weighted by molar-refractivity contribution is 0.281. The average molecular weight is 313 g/mol. The van der Waals surface area contributed by atoms with E-state index in [0.717, 1.165) is 17.7 Å².